The molecule has 1 atom stereocenters. The molecule has 5 heteroatoms. The van der Waals surface area contributed by atoms with Crippen LogP contribution in [0, 0.1) is 5.92 Å². The Balaban J connectivity index is 1.59. The summed E-state index contributed by atoms with van der Waals surface area (Å²) in [5.74, 6) is 0.129. The third-order valence-corrected chi connectivity index (χ3v) is 4.96. The van der Waals surface area contributed by atoms with Gasteiger partial charge in [-0.2, -0.15) is 5.10 Å². The molecule has 0 saturated carbocycles. The van der Waals surface area contributed by atoms with E-state index in [-0.39, 0.29) is 17.4 Å². The van der Waals surface area contributed by atoms with E-state index in [1.165, 1.54) is 10.2 Å². The minimum Gasteiger partial charge on any atom is -0.312 e. The number of para-hydroxylation sites is 1. The first-order chi connectivity index (χ1) is 11.1. The van der Waals surface area contributed by atoms with E-state index in [1.807, 2.05) is 23.1 Å². The zero-order valence-corrected chi connectivity index (χ0v) is 13.2. The highest BCUT2D eigenvalue weighted by Gasteiger charge is 2.32. The average molecular weight is 309 g/mol. The third kappa shape index (κ3) is 2.36. The fourth-order valence-electron chi connectivity index (χ4n) is 3.68. The first-order valence-electron chi connectivity index (χ1n) is 8.09. The number of hydrogen-bond donors (Lipinski definition) is 0. The van der Waals surface area contributed by atoms with Gasteiger partial charge in [-0.1, -0.05) is 18.2 Å². The zero-order valence-electron chi connectivity index (χ0n) is 13.2. The molecule has 0 bridgehead atoms. The molecule has 2 aliphatic rings. The lowest BCUT2D eigenvalue weighted by Gasteiger charge is -2.27. The van der Waals surface area contributed by atoms with Crippen molar-refractivity contribution in [3.05, 3.63) is 57.5 Å². The summed E-state index contributed by atoms with van der Waals surface area (Å²) >= 11 is 0. The first kappa shape index (κ1) is 14.2. The van der Waals surface area contributed by atoms with E-state index < -0.39 is 0 Å². The molecule has 1 amide bonds. The van der Waals surface area contributed by atoms with E-state index in [2.05, 4.69) is 11.2 Å². The highest BCUT2D eigenvalue weighted by Crippen LogP contribution is 2.32. The maximum Gasteiger partial charge on any atom is 0.266 e. The van der Waals surface area contributed by atoms with Crippen LogP contribution in [0.3, 0.4) is 0 Å². The number of fused-ring (bicyclic) bond motifs is 2. The summed E-state index contributed by atoms with van der Waals surface area (Å²) < 4.78 is 1.37. The number of rotatable bonds is 1. The van der Waals surface area contributed by atoms with Crippen LogP contribution in [0.25, 0.3) is 0 Å². The van der Waals surface area contributed by atoms with Crippen LogP contribution in [0.15, 0.2) is 35.1 Å². The van der Waals surface area contributed by atoms with Gasteiger partial charge in [0.05, 0.1) is 5.69 Å². The smallest absolute Gasteiger partial charge is 0.266 e. The number of carbonyl (C=O) groups excluding carboxylic acids is 1. The van der Waals surface area contributed by atoms with Crippen LogP contribution >= 0.6 is 0 Å². The molecule has 23 heavy (non-hydrogen) atoms. The van der Waals surface area contributed by atoms with E-state index >= 15 is 0 Å². The van der Waals surface area contributed by atoms with Crippen molar-refractivity contribution in [1.82, 2.24) is 9.78 Å². The maximum absolute atomic E-state index is 12.9. The van der Waals surface area contributed by atoms with Crippen molar-refractivity contribution in [3.63, 3.8) is 0 Å². The molecule has 4 rings (SSSR count). The predicted molar refractivity (Wildman–Crippen MR) is 87.5 cm³/mol. The molecule has 1 aliphatic carbocycles. The van der Waals surface area contributed by atoms with Gasteiger partial charge in [-0.25, -0.2) is 4.68 Å². The quantitative estimate of drug-likeness (QED) is 0.802. The normalized spacial score (nSPS) is 19.3. The van der Waals surface area contributed by atoms with Gasteiger partial charge in [0.25, 0.3) is 5.56 Å². The van der Waals surface area contributed by atoms with Crippen LogP contribution < -0.4 is 10.5 Å². The number of anilines is 1. The molecule has 0 radical (unpaired) electrons. The number of amides is 1. The lowest BCUT2D eigenvalue weighted by molar-refractivity contribution is -0.122. The lowest BCUT2D eigenvalue weighted by atomic mass is 9.86. The summed E-state index contributed by atoms with van der Waals surface area (Å²) in [6, 6.07) is 9.75. The molecular weight excluding hydrogens is 290 g/mol. The van der Waals surface area contributed by atoms with Gasteiger partial charge in [0, 0.05) is 31.3 Å². The van der Waals surface area contributed by atoms with Crippen molar-refractivity contribution in [1.29, 1.82) is 0 Å². The molecule has 0 unspecified atom stereocenters. The van der Waals surface area contributed by atoms with Crippen LogP contribution in [-0.4, -0.2) is 22.2 Å². The van der Waals surface area contributed by atoms with Crippen LogP contribution in [0.4, 0.5) is 5.69 Å². The Morgan fingerprint density at radius 2 is 2.04 bits per heavy atom. The number of aromatic nitrogens is 2. The van der Waals surface area contributed by atoms with Gasteiger partial charge in [0.15, 0.2) is 0 Å². The molecule has 1 aliphatic heterocycles. The van der Waals surface area contributed by atoms with Gasteiger partial charge in [-0.05, 0) is 42.9 Å². The Bertz CT molecular complexity index is 840. The molecular formula is C18H19N3O2. The molecule has 2 heterocycles. The van der Waals surface area contributed by atoms with Crippen molar-refractivity contribution in [2.75, 3.05) is 11.4 Å². The third-order valence-electron chi connectivity index (χ3n) is 4.96. The SMILES string of the molecule is Cn1nc2c(cc1=O)C[C@H](C(=O)N1CCc3ccccc31)CC2. The van der Waals surface area contributed by atoms with E-state index in [1.54, 1.807) is 13.1 Å². The summed E-state index contributed by atoms with van der Waals surface area (Å²) in [7, 11) is 1.67. The zero-order chi connectivity index (χ0) is 16.0. The summed E-state index contributed by atoms with van der Waals surface area (Å²) in [5.41, 5.74) is 4.07. The number of aryl methyl sites for hydroxylation is 2. The van der Waals surface area contributed by atoms with Crippen molar-refractivity contribution in [2.24, 2.45) is 13.0 Å². The summed E-state index contributed by atoms with van der Waals surface area (Å²) in [6.45, 7) is 0.760. The minimum absolute atomic E-state index is 0.0532. The Labute approximate surface area is 134 Å². The van der Waals surface area contributed by atoms with Gasteiger partial charge < -0.3 is 4.90 Å². The number of hydrogen-bond acceptors (Lipinski definition) is 3. The Hall–Kier alpha value is -2.43. The second-order valence-corrected chi connectivity index (χ2v) is 6.39. The standard InChI is InChI=1S/C18H19N3O2/c1-20-17(22)11-14-10-13(6-7-15(14)19-20)18(23)21-9-8-12-4-2-3-5-16(12)21/h2-5,11,13H,6-10H2,1H3/t13-/m1/s1. The minimum atomic E-state index is -0.108. The van der Waals surface area contributed by atoms with Gasteiger partial charge in [-0.15, -0.1) is 0 Å². The molecule has 0 N–H and O–H groups in total. The number of nitrogens with zero attached hydrogens (tertiary/aromatic N) is 3. The lowest BCUT2D eigenvalue weighted by Crippen LogP contribution is -2.38. The van der Waals surface area contributed by atoms with E-state index in [0.29, 0.717) is 6.42 Å². The van der Waals surface area contributed by atoms with Gasteiger partial charge in [-0.3, -0.25) is 9.59 Å². The summed E-state index contributed by atoms with van der Waals surface area (Å²) in [5, 5.41) is 4.32. The number of carbonyl (C=O) groups is 1. The van der Waals surface area contributed by atoms with Crippen molar-refractivity contribution < 1.29 is 4.79 Å². The molecule has 1 aromatic heterocycles. The topological polar surface area (TPSA) is 55.2 Å². The predicted octanol–water partition coefficient (Wildman–Crippen LogP) is 1.47. The van der Waals surface area contributed by atoms with Crippen LogP contribution in [0.5, 0.6) is 0 Å². The van der Waals surface area contributed by atoms with Crippen molar-refractivity contribution in [3.8, 4) is 0 Å². The van der Waals surface area contributed by atoms with Crippen molar-refractivity contribution >= 4 is 11.6 Å². The fourth-order valence-corrected chi connectivity index (χ4v) is 3.68. The summed E-state index contributed by atoms with van der Waals surface area (Å²) in [4.78, 5) is 26.7. The summed E-state index contributed by atoms with van der Waals surface area (Å²) in [6.07, 6.45) is 3.11. The van der Waals surface area contributed by atoms with Gasteiger partial charge in [0.2, 0.25) is 5.91 Å². The van der Waals surface area contributed by atoms with Crippen LogP contribution in [0.2, 0.25) is 0 Å². The fraction of sp³-hybridized carbons (Fsp3) is 0.389. The average Bonchev–Trinajstić information content (AvgIpc) is 2.99. The highest BCUT2D eigenvalue weighted by atomic mass is 16.2. The first-order valence-corrected chi connectivity index (χ1v) is 8.09. The van der Waals surface area contributed by atoms with E-state index in [9.17, 15) is 9.59 Å². The number of benzene rings is 1. The second kappa shape index (κ2) is 5.33. The van der Waals surface area contributed by atoms with E-state index in [4.69, 9.17) is 0 Å². The second-order valence-electron chi connectivity index (χ2n) is 6.39. The monoisotopic (exact) mass is 309 g/mol. The Morgan fingerprint density at radius 3 is 2.91 bits per heavy atom. The molecule has 1 aromatic carbocycles. The van der Waals surface area contributed by atoms with Crippen LogP contribution in [0.1, 0.15) is 23.2 Å². The van der Waals surface area contributed by atoms with Gasteiger partial charge in [0.1, 0.15) is 0 Å². The molecule has 118 valence electrons. The van der Waals surface area contributed by atoms with E-state index in [0.717, 1.165) is 42.8 Å². The largest absolute Gasteiger partial charge is 0.312 e. The molecule has 0 saturated heterocycles. The van der Waals surface area contributed by atoms with Crippen LogP contribution in [-0.2, 0) is 31.1 Å². The molecule has 5 nitrogen and oxygen atoms in total. The molecule has 0 spiro atoms. The van der Waals surface area contributed by atoms with Crippen molar-refractivity contribution in [2.45, 2.75) is 25.7 Å². The maximum atomic E-state index is 12.9. The Morgan fingerprint density at radius 1 is 1.22 bits per heavy atom. The molecule has 0 fully saturated rings. The Kier molecular flexibility index (Phi) is 3.29. The highest BCUT2D eigenvalue weighted by molar-refractivity contribution is 5.97. The van der Waals surface area contributed by atoms with Gasteiger partial charge >= 0.3 is 0 Å². The molecule has 2 aromatic rings.